The van der Waals surface area contributed by atoms with Crippen LogP contribution in [0.15, 0.2) is 54.6 Å². The molecular weight excluding hydrogens is 244 g/mol. The molecule has 0 bridgehead atoms. The number of pyridine rings is 1. The van der Waals surface area contributed by atoms with Crippen LogP contribution >= 0.6 is 0 Å². The Hall–Kier alpha value is -2.35. The van der Waals surface area contributed by atoms with Crippen LogP contribution in [-0.4, -0.2) is 0 Å². The van der Waals surface area contributed by atoms with E-state index in [1.807, 2.05) is 6.07 Å². The number of aromatic nitrogens is 1. The van der Waals surface area contributed by atoms with Crippen molar-refractivity contribution in [3.63, 3.8) is 0 Å². The molecule has 0 amide bonds. The van der Waals surface area contributed by atoms with Gasteiger partial charge in [0.1, 0.15) is 0 Å². The quantitative estimate of drug-likeness (QED) is 0.744. The third-order valence-corrected chi connectivity index (χ3v) is 4.04. The highest BCUT2D eigenvalue weighted by molar-refractivity contribution is 5.93. The fourth-order valence-electron chi connectivity index (χ4n) is 3.10. The van der Waals surface area contributed by atoms with Gasteiger partial charge < -0.3 is 5.32 Å². The molecule has 0 spiro atoms. The molecule has 2 N–H and O–H groups in total. The normalized spacial score (nSPS) is 13.4. The molecule has 4 rings (SSSR count). The van der Waals surface area contributed by atoms with E-state index in [1.54, 1.807) is 0 Å². The molecule has 2 nitrogen and oxygen atoms in total. The first-order chi connectivity index (χ1) is 9.92. The van der Waals surface area contributed by atoms with Gasteiger partial charge in [-0.3, -0.25) is 0 Å². The van der Waals surface area contributed by atoms with Crippen molar-refractivity contribution in [2.24, 2.45) is 0 Å². The highest BCUT2D eigenvalue weighted by Crippen LogP contribution is 2.33. The van der Waals surface area contributed by atoms with Crippen LogP contribution in [0.1, 0.15) is 17.7 Å². The summed E-state index contributed by atoms with van der Waals surface area (Å²) in [5.74, 6) is 0. The van der Waals surface area contributed by atoms with Crippen molar-refractivity contribution in [1.29, 1.82) is 0 Å². The van der Waals surface area contributed by atoms with Crippen molar-refractivity contribution in [3.8, 4) is 0 Å². The zero-order chi connectivity index (χ0) is 13.4. The van der Waals surface area contributed by atoms with E-state index < -0.39 is 0 Å². The minimum Gasteiger partial charge on any atom is -0.354 e. The second kappa shape index (κ2) is 4.64. The molecule has 2 aromatic carbocycles. The largest absolute Gasteiger partial charge is 0.354 e. The van der Waals surface area contributed by atoms with E-state index in [9.17, 15) is 0 Å². The number of rotatable bonds is 2. The number of benzene rings is 2. The fourth-order valence-corrected chi connectivity index (χ4v) is 3.10. The van der Waals surface area contributed by atoms with Gasteiger partial charge in [0, 0.05) is 23.7 Å². The maximum absolute atomic E-state index is 3.63. The number of nitrogens with one attached hydrogen (secondary N) is 2. The summed E-state index contributed by atoms with van der Waals surface area (Å²) >= 11 is 0. The molecule has 2 heteroatoms. The number of fused-ring (bicyclic) bond motifs is 2. The molecule has 98 valence electrons. The molecule has 0 aliphatic heterocycles. The second-order valence-corrected chi connectivity index (χ2v) is 5.35. The third kappa shape index (κ3) is 1.85. The van der Waals surface area contributed by atoms with Gasteiger partial charge in [0.25, 0.3) is 0 Å². The van der Waals surface area contributed by atoms with E-state index in [4.69, 9.17) is 0 Å². The van der Waals surface area contributed by atoms with Crippen molar-refractivity contribution >= 4 is 22.3 Å². The van der Waals surface area contributed by atoms with Crippen molar-refractivity contribution < 1.29 is 4.98 Å². The van der Waals surface area contributed by atoms with Gasteiger partial charge in [0.15, 0.2) is 5.69 Å². The Labute approximate surface area is 118 Å². The molecule has 1 heterocycles. The van der Waals surface area contributed by atoms with Crippen LogP contribution in [0.25, 0.3) is 10.9 Å². The number of aromatic amines is 1. The van der Waals surface area contributed by atoms with Crippen molar-refractivity contribution in [2.45, 2.75) is 19.3 Å². The lowest BCUT2D eigenvalue weighted by Crippen LogP contribution is -2.13. The lowest BCUT2D eigenvalue weighted by molar-refractivity contribution is -0.356. The Morgan fingerprint density at radius 3 is 2.55 bits per heavy atom. The molecule has 0 unspecified atom stereocenters. The van der Waals surface area contributed by atoms with Gasteiger partial charge in [-0.05, 0) is 31.0 Å². The van der Waals surface area contributed by atoms with Crippen LogP contribution in [-0.2, 0) is 12.8 Å². The number of para-hydroxylation sites is 2. The van der Waals surface area contributed by atoms with Crippen LogP contribution in [0, 0.1) is 0 Å². The predicted molar refractivity (Wildman–Crippen MR) is 82.3 cm³/mol. The summed E-state index contributed by atoms with van der Waals surface area (Å²) in [5, 5.41) is 4.90. The minimum atomic E-state index is 1.15. The molecule has 0 saturated carbocycles. The predicted octanol–water partition coefficient (Wildman–Crippen LogP) is 3.89. The van der Waals surface area contributed by atoms with Crippen molar-refractivity contribution in [1.82, 2.24) is 0 Å². The summed E-state index contributed by atoms with van der Waals surface area (Å²) in [4.78, 5) is 3.59. The molecule has 1 aliphatic carbocycles. The van der Waals surface area contributed by atoms with Gasteiger partial charge in [-0.25, -0.2) is 4.98 Å². The summed E-state index contributed by atoms with van der Waals surface area (Å²) in [6.07, 6.45) is 3.56. The fraction of sp³-hybridized carbons (Fsp3) is 0.167. The number of aryl methyl sites for hydroxylation is 1. The lowest BCUT2D eigenvalue weighted by Gasteiger charge is -2.11. The molecule has 0 radical (unpaired) electrons. The van der Waals surface area contributed by atoms with E-state index in [0.29, 0.717) is 0 Å². The zero-order valence-corrected chi connectivity index (χ0v) is 11.3. The van der Waals surface area contributed by atoms with Crippen molar-refractivity contribution in [2.75, 3.05) is 5.32 Å². The van der Waals surface area contributed by atoms with E-state index in [-0.39, 0.29) is 0 Å². The topological polar surface area (TPSA) is 26.2 Å². The van der Waals surface area contributed by atoms with Gasteiger partial charge in [-0.15, -0.1) is 0 Å². The minimum absolute atomic E-state index is 1.15. The van der Waals surface area contributed by atoms with Gasteiger partial charge in [-0.1, -0.05) is 30.3 Å². The average Bonchev–Trinajstić information content (AvgIpc) is 2.96. The summed E-state index contributed by atoms with van der Waals surface area (Å²) in [7, 11) is 0. The smallest absolute Gasteiger partial charge is 0.213 e. The number of H-pyrrole nitrogens is 1. The highest BCUT2D eigenvalue weighted by Gasteiger charge is 2.24. The maximum atomic E-state index is 3.63. The van der Waals surface area contributed by atoms with Crippen molar-refractivity contribution in [3.05, 3.63) is 65.9 Å². The van der Waals surface area contributed by atoms with Gasteiger partial charge in [0.05, 0.1) is 11.1 Å². The molecule has 0 atom stereocenters. The van der Waals surface area contributed by atoms with Crippen LogP contribution in [0.2, 0.25) is 0 Å². The first-order valence-corrected chi connectivity index (χ1v) is 7.20. The average molecular weight is 261 g/mol. The molecule has 1 aliphatic rings. The van der Waals surface area contributed by atoms with Crippen LogP contribution < -0.4 is 10.3 Å². The third-order valence-electron chi connectivity index (χ3n) is 4.04. The lowest BCUT2D eigenvalue weighted by atomic mass is 10.1. The van der Waals surface area contributed by atoms with Crippen LogP contribution in [0.3, 0.4) is 0 Å². The maximum Gasteiger partial charge on any atom is 0.213 e. The van der Waals surface area contributed by atoms with E-state index >= 15 is 0 Å². The molecule has 3 aromatic rings. The second-order valence-electron chi connectivity index (χ2n) is 5.35. The van der Waals surface area contributed by atoms with E-state index in [1.165, 1.54) is 34.3 Å². The van der Waals surface area contributed by atoms with Gasteiger partial charge in [-0.2, -0.15) is 0 Å². The zero-order valence-electron chi connectivity index (χ0n) is 11.3. The molecule has 20 heavy (non-hydrogen) atoms. The number of hydrogen-bond acceptors (Lipinski definition) is 1. The molecule has 0 fully saturated rings. The summed E-state index contributed by atoms with van der Waals surface area (Å²) in [6.45, 7) is 0. The standard InChI is InChI=1S/C18H16N2/c1-2-7-13(8-3-1)19-18-14-9-4-5-11-16(14)20-17-12-6-10-15(17)18/h1-5,7-9,11H,6,10,12H2,(H,19,20)/p+1. The first kappa shape index (κ1) is 11.5. The Morgan fingerprint density at radius 2 is 1.65 bits per heavy atom. The first-order valence-electron chi connectivity index (χ1n) is 7.20. The summed E-state index contributed by atoms with van der Waals surface area (Å²) < 4.78 is 0. The van der Waals surface area contributed by atoms with E-state index in [0.717, 1.165) is 18.5 Å². The summed E-state index contributed by atoms with van der Waals surface area (Å²) in [6, 6.07) is 19.0. The Morgan fingerprint density at radius 1 is 0.850 bits per heavy atom. The van der Waals surface area contributed by atoms with Gasteiger partial charge >= 0.3 is 0 Å². The SMILES string of the molecule is c1ccc(Nc2c3c([nH+]c4ccccc24)CCC3)cc1. The molecule has 1 aromatic heterocycles. The van der Waals surface area contributed by atoms with E-state index in [2.05, 4.69) is 58.8 Å². The highest BCUT2D eigenvalue weighted by atomic mass is 14.9. The monoisotopic (exact) mass is 261 g/mol. The van der Waals surface area contributed by atoms with Crippen LogP contribution in [0.5, 0.6) is 0 Å². The number of hydrogen-bond donors (Lipinski definition) is 1. The van der Waals surface area contributed by atoms with Gasteiger partial charge in [0.2, 0.25) is 5.52 Å². The van der Waals surface area contributed by atoms with Crippen LogP contribution in [0.4, 0.5) is 11.4 Å². The summed E-state index contributed by atoms with van der Waals surface area (Å²) in [5.41, 5.74) is 6.48. The Balaban J connectivity index is 1.92. The Bertz CT molecular complexity index is 763. The number of anilines is 2. The molecular formula is C18H17N2+. The molecule has 0 saturated heterocycles. The Kier molecular flexibility index (Phi) is 2.66.